The van der Waals surface area contributed by atoms with E-state index in [0.717, 1.165) is 0 Å². The van der Waals surface area contributed by atoms with Crippen molar-refractivity contribution in [2.45, 2.75) is 26.8 Å². The first-order valence-electron chi connectivity index (χ1n) is 10.4. The summed E-state index contributed by atoms with van der Waals surface area (Å²) >= 11 is 12.7. The van der Waals surface area contributed by atoms with E-state index in [9.17, 15) is 9.59 Å². The fourth-order valence-electron chi connectivity index (χ4n) is 3.98. The van der Waals surface area contributed by atoms with Crippen molar-refractivity contribution in [1.29, 1.82) is 0 Å². The molecule has 2 heterocycles. The average molecular weight is 497 g/mol. The third-order valence-electron chi connectivity index (χ3n) is 5.61. The van der Waals surface area contributed by atoms with E-state index in [2.05, 4.69) is 9.97 Å². The van der Waals surface area contributed by atoms with Crippen molar-refractivity contribution in [1.82, 2.24) is 14.5 Å². The zero-order chi connectivity index (χ0) is 24.7. The minimum Gasteiger partial charge on any atom is -0.383 e. The summed E-state index contributed by atoms with van der Waals surface area (Å²) in [5, 5.41) is 0.964. The van der Waals surface area contributed by atoms with Crippen molar-refractivity contribution in [2.75, 3.05) is 10.6 Å². The molecular formula is C24H22Cl2N6O2. The molecule has 2 aromatic heterocycles. The number of urea groups is 1. The van der Waals surface area contributed by atoms with E-state index in [-0.39, 0.29) is 33.4 Å². The Morgan fingerprint density at radius 1 is 1.03 bits per heavy atom. The molecule has 174 valence electrons. The summed E-state index contributed by atoms with van der Waals surface area (Å²) in [7, 11) is 0. The Kier molecular flexibility index (Phi) is 6.20. The molecule has 2 aromatic carbocycles. The van der Waals surface area contributed by atoms with Crippen molar-refractivity contribution in [3.63, 3.8) is 0 Å². The Balaban J connectivity index is 1.91. The predicted octanol–water partition coefficient (Wildman–Crippen LogP) is 5.66. The second-order valence-electron chi connectivity index (χ2n) is 8.02. The molecule has 2 amide bonds. The summed E-state index contributed by atoms with van der Waals surface area (Å²) in [6, 6.07) is 9.13. The molecule has 4 rings (SSSR count). The van der Waals surface area contributed by atoms with Crippen LogP contribution in [0.4, 0.5) is 22.0 Å². The number of hydrogen-bond acceptors (Lipinski definition) is 5. The molecule has 0 atom stereocenters. The molecule has 34 heavy (non-hydrogen) atoms. The molecule has 0 saturated carbocycles. The average Bonchev–Trinajstić information content (AvgIpc) is 3.18. The number of aromatic nitrogens is 3. The molecule has 0 radical (unpaired) electrons. The molecule has 0 bridgehead atoms. The third-order valence-corrected chi connectivity index (χ3v) is 6.22. The van der Waals surface area contributed by atoms with Crippen LogP contribution < -0.4 is 16.4 Å². The van der Waals surface area contributed by atoms with Gasteiger partial charge in [0, 0.05) is 17.8 Å². The maximum atomic E-state index is 13.8. The number of ketones is 1. The number of hydrogen-bond donors (Lipinski definition) is 2. The van der Waals surface area contributed by atoms with Crippen LogP contribution in [-0.2, 0) is 0 Å². The van der Waals surface area contributed by atoms with Crippen molar-refractivity contribution in [3.8, 4) is 0 Å². The highest BCUT2D eigenvalue weighted by Crippen LogP contribution is 2.40. The van der Waals surface area contributed by atoms with Gasteiger partial charge in [-0.25, -0.2) is 14.8 Å². The smallest absolute Gasteiger partial charge is 0.323 e. The number of benzene rings is 2. The molecular weight excluding hydrogens is 475 g/mol. The van der Waals surface area contributed by atoms with Gasteiger partial charge in [0.1, 0.15) is 17.8 Å². The van der Waals surface area contributed by atoms with Crippen molar-refractivity contribution in [2.24, 2.45) is 5.73 Å². The van der Waals surface area contributed by atoms with Crippen molar-refractivity contribution in [3.05, 3.63) is 75.7 Å². The lowest BCUT2D eigenvalue weighted by molar-refractivity contribution is 0.103. The van der Waals surface area contributed by atoms with E-state index in [1.807, 2.05) is 18.4 Å². The molecule has 0 aliphatic carbocycles. The molecule has 4 N–H and O–H groups in total. The maximum absolute atomic E-state index is 13.8. The van der Waals surface area contributed by atoms with E-state index < -0.39 is 6.03 Å². The van der Waals surface area contributed by atoms with E-state index in [4.69, 9.17) is 34.7 Å². The predicted molar refractivity (Wildman–Crippen MR) is 135 cm³/mol. The summed E-state index contributed by atoms with van der Waals surface area (Å²) in [6.45, 7) is 5.69. The van der Waals surface area contributed by atoms with E-state index in [1.165, 1.54) is 11.2 Å². The van der Waals surface area contributed by atoms with Crippen LogP contribution in [0.15, 0.2) is 48.9 Å². The van der Waals surface area contributed by atoms with Crippen LogP contribution in [0.3, 0.4) is 0 Å². The standard InChI is InChI=1S/C24H22Cl2N6O2/c1-12(2)31-10-15(19-22(27)29-11-30-23(19)31)21(33)14-6-4-9-18(13(14)3)32(24(28)34)20-16(25)7-5-8-17(20)26/h4-12H,1-3H3,(H2,28,34)(H2,27,29,30). The van der Waals surface area contributed by atoms with Gasteiger partial charge in [0.25, 0.3) is 0 Å². The number of nitrogens with zero attached hydrogens (tertiary/aromatic N) is 4. The summed E-state index contributed by atoms with van der Waals surface area (Å²) in [4.78, 5) is 35.9. The van der Waals surface area contributed by atoms with Gasteiger partial charge in [-0.15, -0.1) is 0 Å². The lowest BCUT2D eigenvalue weighted by Crippen LogP contribution is -2.32. The minimum atomic E-state index is -0.795. The summed E-state index contributed by atoms with van der Waals surface area (Å²) in [5.41, 5.74) is 14.3. The van der Waals surface area contributed by atoms with Gasteiger partial charge in [0.15, 0.2) is 5.78 Å². The Morgan fingerprint density at radius 3 is 2.29 bits per heavy atom. The number of nitrogen functional groups attached to an aromatic ring is 1. The highest BCUT2D eigenvalue weighted by atomic mass is 35.5. The van der Waals surface area contributed by atoms with Crippen LogP contribution >= 0.6 is 23.2 Å². The largest absolute Gasteiger partial charge is 0.383 e. The zero-order valence-electron chi connectivity index (χ0n) is 18.7. The second kappa shape index (κ2) is 8.96. The topological polar surface area (TPSA) is 120 Å². The summed E-state index contributed by atoms with van der Waals surface area (Å²) in [6.07, 6.45) is 3.10. The Bertz CT molecular complexity index is 1430. The van der Waals surface area contributed by atoms with Gasteiger partial charge in [-0.1, -0.05) is 41.4 Å². The van der Waals surface area contributed by atoms with Crippen LogP contribution in [0.2, 0.25) is 10.0 Å². The Hall–Kier alpha value is -3.62. The molecule has 8 nitrogen and oxygen atoms in total. The van der Waals surface area contributed by atoms with Gasteiger partial charge < -0.3 is 16.0 Å². The quantitative estimate of drug-likeness (QED) is 0.345. The number of para-hydroxylation sites is 1. The number of halogens is 2. The molecule has 4 aromatic rings. The number of fused-ring (bicyclic) bond motifs is 1. The van der Waals surface area contributed by atoms with Gasteiger partial charge in [0.2, 0.25) is 0 Å². The molecule has 10 heteroatoms. The number of anilines is 3. The summed E-state index contributed by atoms with van der Waals surface area (Å²) < 4.78 is 1.87. The van der Waals surface area contributed by atoms with Gasteiger partial charge in [-0.2, -0.15) is 0 Å². The van der Waals surface area contributed by atoms with Gasteiger partial charge >= 0.3 is 6.03 Å². The van der Waals surface area contributed by atoms with E-state index in [1.54, 1.807) is 49.5 Å². The van der Waals surface area contributed by atoms with Crippen LogP contribution in [0, 0.1) is 6.92 Å². The minimum absolute atomic E-state index is 0.0403. The van der Waals surface area contributed by atoms with Gasteiger partial charge in [-0.05, 0) is 44.5 Å². The number of carbonyl (C=O) groups excluding carboxylic acids is 2. The summed E-state index contributed by atoms with van der Waals surface area (Å²) in [5.74, 6) is -0.0805. The first kappa shape index (κ1) is 23.5. The molecule has 0 saturated heterocycles. The highest BCUT2D eigenvalue weighted by Gasteiger charge is 2.27. The fraction of sp³-hybridized carbons (Fsp3) is 0.167. The first-order valence-corrected chi connectivity index (χ1v) is 11.2. The SMILES string of the molecule is Cc1c(C(=O)c2cn(C(C)C)c3ncnc(N)c23)cccc1N(C(N)=O)c1c(Cl)cccc1Cl. The monoisotopic (exact) mass is 496 g/mol. The second-order valence-corrected chi connectivity index (χ2v) is 8.84. The van der Waals surface area contributed by atoms with Gasteiger partial charge in [-0.3, -0.25) is 9.69 Å². The van der Waals surface area contributed by atoms with Gasteiger partial charge in [0.05, 0.1) is 32.4 Å². The number of primary amides is 1. The molecule has 0 spiro atoms. The molecule has 0 unspecified atom stereocenters. The normalized spacial score (nSPS) is 11.2. The number of rotatable bonds is 5. The number of carbonyl (C=O) groups is 2. The number of nitrogens with two attached hydrogens (primary N) is 2. The Morgan fingerprint density at radius 2 is 1.68 bits per heavy atom. The van der Waals surface area contributed by atoms with E-state index in [0.29, 0.717) is 33.4 Å². The fourth-order valence-corrected chi connectivity index (χ4v) is 4.55. The third kappa shape index (κ3) is 3.85. The maximum Gasteiger partial charge on any atom is 0.323 e. The zero-order valence-corrected chi connectivity index (χ0v) is 20.2. The first-order chi connectivity index (χ1) is 16.1. The van der Waals surface area contributed by atoms with Crippen LogP contribution in [0.25, 0.3) is 11.0 Å². The van der Waals surface area contributed by atoms with Crippen LogP contribution in [-0.4, -0.2) is 26.3 Å². The molecule has 0 aliphatic rings. The van der Waals surface area contributed by atoms with E-state index >= 15 is 0 Å². The van der Waals surface area contributed by atoms with Crippen molar-refractivity contribution >= 4 is 63.2 Å². The number of amides is 2. The highest BCUT2D eigenvalue weighted by molar-refractivity contribution is 6.40. The van der Waals surface area contributed by atoms with Crippen molar-refractivity contribution < 1.29 is 9.59 Å². The lowest BCUT2D eigenvalue weighted by atomic mass is 9.97. The molecule has 0 fully saturated rings. The van der Waals surface area contributed by atoms with Crippen LogP contribution in [0.1, 0.15) is 41.4 Å². The Labute approximate surface area is 206 Å². The molecule has 0 aliphatic heterocycles. The van der Waals surface area contributed by atoms with Crippen LogP contribution in [0.5, 0.6) is 0 Å². The lowest BCUT2D eigenvalue weighted by Gasteiger charge is -2.25.